The van der Waals surface area contributed by atoms with Crippen LogP contribution in [0.5, 0.6) is 0 Å². The van der Waals surface area contributed by atoms with Crippen LogP contribution in [0.15, 0.2) is 0 Å². The predicted octanol–water partition coefficient (Wildman–Crippen LogP) is 4.85. The van der Waals surface area contributed by atoms with Crippen molar-refractivity contribution in [2.75, 3.05) is 5.88 Å². The molecule has 1 N–H and O–H groups in total. The number of hydrogen-bond donors (Lipinski definition) is 1. The molecule has 0 aromatic heterocycles. The van der Waals surface area contributed by atoms with Crippen LogP contribution in [0.4, 0.5) is 0 Å². The van der Waals surface area contributed by atoms with Gasteiger partial charge in [0.05, 0.1) is 6.10 Å². The minimum atomic E-state index is -0.0289. The molecule has 0 aromatic rings. The number of aliphatic hydroxyl groups is 1. The second-order valence-electron chi connectivity index (χ2n) is 5.79. The summed E-state index contributed by atoms with van der Waals surface area (Å²) in [7, 11) is 0. The molecule has 17 heavy (non-hydrogen) atoms. The molecule has 104 valence electrons. The largest absolute Gasteiger partial charge is 0.393 e. The van der Waals surface area contributed by atoms with Gasteiger partial charge in [0.1, 0.15) is 0 Å². The zero-order chi connectivity index (χ0) is 13.3. The minimum absolute atomic E-state index is 0.0289. The van der Waals surface area contributed by atoms with Crippen molar-refractivity contribution in [2.45, 2.75) is 72.3 Å². The predicted molar refractivity (Wildman–Crippen MR) is 77.6 cm³/mol. The number of unbranched alkanes of at least 4 members (excludes halogenated alkanes) is 2. The Morgan fingerprint density at radius 1 is 1.24 bits per heavy atom. The topological polar surface area (TPSA) is 20.2 Å². The fourth-order valence-electron chi connectivity index (χ4n) is 2.50. The number of halogens is 1. The summed E-state index contributed by atoms with van der Waals surface area (Å²) in [6.07, 6.45) is 7.25. The molecule has 3 unspecified atom stereocenters. The normalized spacial score (nSPS) is 28.8. The molecule has 0 amide bonds. The van der Waals surface area contributed by atoms with Gasteiger partial charge in [-0.15, -0.1) is 11.6 Å². The van der Waals surface area contributed by atoms with Gasteiger partial charge in [-0.1, -0.05) is 47.0 Å². The first kappa shape index (κ1) is 17.2. The summed E-state index contributed by atoms with van der Waals surface area (Å²) in [4.78, 5) is 0. The summed E-state index contributed by atoms with van der Waals surface area (Å²) in [6, 6.07) is 0. The lowest BCUT2D eigenvalue weighted by Gasteiger charge is -2.33. The summed E-state index contributed by atoms with van der Waals surface area (Å²) >= 11 is 5.38. The average molecular weight is 263 g/mol. The molecular weight excluding hydrogens is 232 g/mol. The van der Waals surface area contributed by atoms with Gasteiger partial charge in [0, 0.05) is 5.88 Å². The molecule has 0 saturated heterocycles. The maximum atomic E-state index is 9.71. The zero-order valence-electron chi connectivity index (χ0n) is 12.1. The van der Waals surface area contributed by atoms with E-state index in [1.165, 1.54) is 32.1 Å². The third-order valence-corrected chi connectivity index (χ3v) is 3.99. The molecule has 0 bridgehead atoms. The van der Waals surface area contributed by atoms with Gasteiger partial charge in [-0.3, -0.25) is 0 Å². The summed E-state index contributed by atoms with van der Waals surface area (Å²) in [5.41, 5.74) is 0. The first-order valence-corrected chi connectivity index (χ1v) is 7.80. The van der Waals surface area contributed by atoms with Crippen molar-refractivity contribution < 1.29 is 5.11 Å². The highest BCUT2D eigenvalue weighted by Crippen LogP contribution is 2.33. The first-order chi connectivity index (χ1) is 8.02. The summed E-state index contributed by atoms with van der Waals surface area (Å²) < 4.78 is 0. The van der Waals surface area contributed by atoms with E-state index in [4.69, 9.17) is 11.6 Å². The highest BCUT2D eigenvalue weighted by atomic mass is 35.5. The van der Waals surface area contributed by atoms with Crippen LogP contribution in [-0.4, -0.2) is 17.1 Å². The molecule has 0 heterocycles. The van der Waals surface area contributed by atoms with Gasteiger partial charge in [0.2, 0.25) is 0 Å². The molecule has 1 nitrogen and oxygen atoms in total. The van der Waals surface area contributed by atoms with E-state index in [-0.39, 0.29) is 6.10 Å². The molecule has 0 radical (unpaired) electrons. The zero-order valence-corrected chi connectivity index (χ0v) is 12.8. The van der Waals surface area contributed by atoms with Gasteiger partial charge in [-0.05, 0) is 37.0 Å². The van der Waals surface area contributed by atoms with Crippen molar-refractivity contribution in [3.63, 3.8) is 0 Å². The van der Waals surface area contributed by atoms with Gasteiger partial charge in [0.25, 0.3) is 0 Å². The fraction of sp³-hybridized carbons (Fsp3) is 1.00. The number of alkyl halides is 1. The fourth-order valence-corrected chi connectivity index (χ4v) is 2.69. The van der Waals surface area contributed by atoms with Crippen molar-refractivity contribution in [2.24, 2.45) is 17.8 Å². The van der Waals surface area contributed by atoms with E-state index >= 15 is 0 Å². The van der Waals surface area contributed by atoms with Gasteiger partial charge >= 0.3 is 0 Å². The summed E-state index contributed by atoms with van der Waals surface area (Å²) in [5.74, 6) is 2.78. The molecule has 3 atom stereocenters. The Morgan fingerprint density at radius 2 is 1.88 bits per heavy atom. The van der Waals surface area contributed by atoms with E-state index in [1.54, 1.807) is 0 Å². The highest BCUT2D eigenvalue weighted by Gasteiger charge is 2.28. The second kappa shape index (κ2) is 10.2. The molecule has 0 spiro atoms. The van der Waals surface area contributed by atoms with Gasteiger partial charge < -0.3 is 5.11 Å². The van der Waals surface area contributed by atoms with Crippen molar-refractivity contribution in [1.82, 2.24) is 0 Å². The molecule has 0 aromatic carbocycles. The summed E-state index contributed by atoms with van der Waals surface area (Å²) in [5, 5.41) is 9.71. The standard InChI is InChI=1S/C10H20O.C5H11Cl/c1-7(2)9-5-4-8(3)6-10(9)11;1-2-3-4-5-6/h7-11H,4-6H2,1-3H3;2-5H2,1H3. The van der Waals surface area contributed by atoms with Crippen LogP contribution in [0.2, 0.25) is 0 Å². The van der Waals surface area contributed by atoms with Crippen LogP contribution >= 0.6 is 11.6 Å². The molecule has 1 aliphatic carbocycles. The van der Waals surface area contributed by atoms with Crippen LogP contribution in [0.1, 0.15) is 66.2 Å². The molecule has 0 aliphatic heterocycles. The lowest BCUT2D eigenvalue weighted by molar-refractivity contribution is 0.0266. The minimum Gasteiger partial charge on any atom is -0.393 e. The lowest BCUT2D eigenvalue weighted by atomic mass is 9.75. The van der Waals surface area contributed by atoms with Crippen molar-refractivity contribution in [3.05, 3.63) is 0 Å². The van der Waals surface area contributed by atoms with Crippen LogP contribution in [0.25, 0.3) is 0 Å². The molecule has 2 heteroatoms. The Morgan fingerprint density at radius 3 is 2.24 bits per heavy atom. The van der Waals surface area contributed by atoms with E-state index in [0.29, 0.717) is 11.8 Å². The van der Waals surface area contributed by atoms with Gasteiger partial charge in [-0.2, -0.15) is 0 Å². The van der Waals surface area contributed by atoms with E-state index in [9.17, 15) is 5.11 Å². The molecule has 1 saturated carbocycles. The quantitative estimate of drug-likeness (QED) is 0.567. The van der Waals surface area contributed by atoms with Crippen LogP contribution in [-0.2, 0) is 0 Å². The van der Waals surface area contributed by atoms with Crippen molar-refractivity contribution in [1.29, 1.82) is 0 Å². The molecule has 1 aliphatic rings. The Hall–Kier alpha value is 0.250. The first-order valence-electron chi connectivity index (χ1n) is 7.26. The number of aliphatic hydroxyl groups excluding tert-OH is 1. The van der Waals surface area contributed by atoms with Gasteiger partial charge in [-0.25, -0.2) is 0 Å². The third kappa shape index (κ3) is 8.05. The molecule has 1 rings (SSSR count). The maximum absolute atomic E-state index is 9.71. The Kier molecular flexibility index (Phi) is 10.3. The molecular formula is C15H31ClO. The SMILES string of the molecule is CC1CCC(C(C)C)C(O)C1.CCCCCCl. The Bertz CT molecular complexity index is 166. The number of rotatable bonds is 4. The van der Waals surface area contributed by atoms with Crippen LogP contribution in [0, 0.1) is 17.8 Å². The van der Waals surface area contributed by atoms with E-state index < -0.39 is 0 Å². The maximum Gasteiger partial charge on any atom is 0.0573 e. The van der Waals surface area contributed by atoms with Crippen LogP contribution in [0.3, 0.4) is 0 Å². The molecule has 1 fully saturated rings. The van der Waals surface area contributed by atoms with Gasteiger partial charge in [0.15, 0.2) is 0 Å². The van der Waals surface area contributed by atoms with E-state index in [1.807, 2.05) is 0 Å². The monoisotopic (exact) mass is 262 g/mol. The summed E-state index contributed by atoms with van der Waals surface area (Å²) in [6.45, 7) is 8.83. The Balaban J connectivity index is 0.000000366. The smallest absolute Gasteiger partial charge is 0.0573 e. The highest BCUT2D eigenvalue weighted by molar-refractivity contribution is 6.17. The average Bonchev–Trinajstić information content (AvgIpc) is 2.26. The van der Waals surface area contributed by atoms with Crippen molar-refractivity contribution >= 4 is 11.6 Å². The van der Waals surface area contributed by atoms with E-state index in [0.717, 1.165) is 18.2 Å². The Labute approximate surface area is 113 Å². The van der Waals surface area contributed by atoms with Crippen molar-refractivity contribution in [3.8, 4) is 0 Å². The number of hydrogen-bond acceptors (Lipinski definition) is 1. The van der Waals surface area contributed by atoms with E-state index in [2.05, 4.69) is 27.7 Å². The van der Waals surface area contributed by atoms with Crippen LogP contribution < -0.4 is 0 Å². The third-order valence-electron chi connectivity index (χ3n) is 3.72. The lowest BCUT2D eigenvalue weighted by Crippen LogP contribution is -2.31. The second-order valence-corrected chi connectivity index (χ2v) is 6.17.